The van der Waals surface area contributed by atoms with Crippen LogP contribution in [0.25, 0.3) is 0 Å². The summed E-state index contributed by atoms with van der Waals surface area (Å²) in [4.78, 5) is 18.3. The van der Waals surface area contributed by atoms with Crippen molar-refractivity contribution in [2.45, 2.75) is 13.3 Å². The Morgan fingerprint density at radius 1 is 1.13 bits per heavy atom. The highest BCUT2D eigenvalue weighted by atomic mass is 127. The number of carbonyl (C=O) groups excluding carboxylic acids is 1. The fourth-order valence-corrected chi connectivity index (χ4v) is 2.75. The van der Waals surface area contributed by atoms with E-state index in [-0.39, 0.29) is 29.9 Å². The lowest BCUT2D eigenvalue weighted by Crippen LogP contribution is -2.39. The molecule has 0 fully saturated rings. The van der Waals surface area contributed by atoms with E-state index in [1.54, 1.807) is 31.1 Å². The molecule has 0 radical (unpaired) electrons. The molecule has 2 N–H and O–H groups in total. The van der Waals surface area contributed by atoms with Gasteiger partial charge in [0.15, 0.2) is 5.96 Å². The molecule has 0 bridgehead atoms. The lowest BCUT2D eigenvalue weighted by molar-refractivity contribution is 0.0827. The summed E-state index contributed by atoms with van der Waals surface area (Å²) < 4.78 is 5.68. The number of amides is 1. The number of aliphatic imine (C=N–C) groups is 1. The average molecular weight is 545 g/mol. The van der Waals surface area contributed by atoms with Crippen LogP contribution in [0.1, 0.15) is 22.8 Å². The molecule has 0 saturated carbocycles. The van der Waals surface area contributed by atoms with Crippen molar-refractivity contribution in [3.8, 4) is 5.75 Å². The number of hydrogen-bond acceptors (Lipinski definition) is 3. The third-order valence-electron chi connectivity index (χ3n) is 4.07. The van der Waals surface area contributed by atoms with Crippen LogP contribution in [-0.4, -0.2) is 57.1 Å². The van der Waals surface area contributed by atoms with Gasteiger partial charge in [-0.25, -0.2) is 0 Å². The number of halogens is 2. The van der Waals surface area contributed by atoms with Gasteiger partial charge in [0, 0.05) is 37.8 Å². The van der Waals surface area contributed by atoms with Crippen molar-refractivity contribution >= 4 is 47.4 Å². The van der Waals surface area contributed by atoms with Crippen molar-refractivity contribution in [3.05, 3.63) is 64.7 Å². The van der Waals surface area contributed by atoms with Crippen molar-refractivity contribution in [2.24, 2.45) is 4.99 Å². The van der Waals surface area contributed by atoms with E-state index in [9.17, 15) is 4.79 Å². The molecular weight excluding hydrogens is 515 g/mol. The number of hydrogen-bond donors (Lipinski definition) is 2. The number of carbonyl (C=O) groups is 1. The minimum absolute atomic E-state index is 0. The predicted octanol–water partition coefficient (Wildman–Crippen LogP) is 3.84. The predicted molar refractivity (Wildman–Crippen MR) is 135 cm³/mol. The van der Waals surface area contributed by atoms with Crippen LogP contribution >= 0.6 is 35.6 Å². The molecular formula is C22H30ClIN4O2. The van der Waals surface area contributed by atoms with E-state index in [1.165, 1.54) is 0 Å². The lowest BCUT2D eigenvalue weighted by atomic mass is 10.1. The van der Waals surface area contributed by atoms with Crippen LogP contribution < -0.4 is 15.4 Å². The molecule has 2 aromatic carbocycles. The molecule has 8 heteroatoms. The van der Waals surface area contributed by atoms with Gasteiger partial charge in [0.2, 0.25) is 0 Å². The molecule has 0 aromatic heterocycles. The monoisotopic (exact) mass is 544 g/mol. The maximum absolute atomic E-state index is 12.1. The van der Waals surface area contributed by atoms with Gasteiger partial charge in [-0.2, -0.15) is 0 Å². The highest BCUT2D eigenvalue weighted by Crippen LogP contribution is 2.15. The van der Waals surface area contributed by atoms with Crippen LogP contribution in [0.4, 0.5) is 0 Å². The first kappa shape index (κ1) is 26.0. The topological polar surface area (TPSA) is 66.0 Å². The molecule has 0 heterocycles. The molecule has 1 amide bonds. The Morgan fingerprint density at radius 2 is 1.87 bits per heavy atom. The summed E-state index contributed by atoms with van der Waals surface area (Å²) in [6, 6.07) is 15.0. The Kier molecular flexibility index (Phi) is 12.2. The number of nitrogens with zero attached hydrogens (tertiary/aromatic N) is 2. The second-order valence-corrected chi connectivity index (χ2v) is 7.08. The van der Waals surface area contributed by atoms with E-state index in [0.29, 0.717) is 30.3 Å². The maximum atomic E-state index is 12.1. The summed E-state index contributed by atoms with van der Waals surface area (Å²) in [5.41, 5.74) is 1.78. The minimum atomic E-state index is 0. The van der Waals surface area contributed by atoms with Gasteiger partial charge in [0.1, 0.15) is 12.4 Å². The Hall–Kier alpha value is -2.00. The Labute approximate surface area is 201 Å². The lowest BCUT2D eigenvalue weighted by Gasteiger charge is -2.13. The second kappa shape index (κ2) is 14.1. The zero-order valence-electron chi connectivity index (χ0n) is 17.7. The molecule has 164 valence electrons. The summed E-state index contributed by atoms with van der Waals surface area (Å²) >= 11 is 5.87. The zero-order valence-corrected chi connectivity index (χ0v) is 20.7. The number of benzene rings is 2. The summed E-state index contributed by atoms with van der Waals surface area (Å²) in [5, 5.41) is 7.17. The third kappa shape index (κ3) is 9.21. The van der Waals surface area contributed by atoms with Crippen molar-refractivity contribution < 1.29 is 9.53 Å². The number of ether oxygens (including phenoxy) is 1. The molecule has 0 atom stereocenters. The second-order valence-electron chi connectivity index (χ2n) is 6.64. The van der Waals surface area contributed by atoms with Gasteiger partial charge in [-0.3, -0.25) is 9.79 Å². The van der Waals surface area contributed by atoms with Gasteiger partial charge in [0.25, 0.3) is 5.91 Å². The van der Waals surface area contributed by atoms with E-state index >= 15 is 0 Å². The Balaban J connectivity index is 0.00000450. The number of nitrogens with one attached hydrogen (secondary N) is 2. The van der Waals surface area contributed by atoms with Gasteiger partial charge in [-0.05, 0) is 55.3 Å². The van der Waals surface area contributed by atoms with Crippen LogP contribution in [0.15, 0.2) is 53.5 Å². The van der Waals surface area contributed by atoms with E-state index in [0.717, 1.165) is 30.2 Å². The molecule has 0 aliphatic rings. The first-order chi connectivity index (χ1) is 14.0. The third-order valence-corrected chi connectivity index (χ3v) is 4.32. The Bertz CT molecular complexity index is 813. The normalized spacial score (nSPS) is 10.7. The van der Waals surface area contributed by atoms with E-state index in [2.05, 4.69) is 15.6 Å². The first-order valence-corrected chi connectivity index (χ1v) is 10.1. The molecule has 2 aromatic rings. The van der Waals surface area contributed by atoms with E-state index in [1.807, 2.05) is 43.3 Å². The molecule has 0 saturated heterocycles. The van der Waals surface area contributed by atoms with Crippen LogP contribution in [0.5, 0.6) is 5.75 Å². The van der Waals surface area contributed by atoms with Crippen LogP contribution in [-0.2, 0) is 6.42 Å². The van der Waals surface area contributed by atoms with Crippen LogP contribution in [0, 0.1) is 0 Å². The fraction of sp³-hybridized carbons (Fsp3) is 0.364. The van der Waals surface area contributed by atoms with Gasteiger partial charge < -0.3 is 20.3 Å². The summed E-state index contributed by atoms with van der Waals surface area (Å²) in [5.74, 6) is 1.53. The first-order valence-electron chi connectivity index (χ1n) is 9.70. The fourth-order valence-electron chi connectivity index (χ4n) is 2.63. The number of rotatable bonds is 9. The van der Waals surface area contributed by atoms with Crippen molar-refractivity contribution in [2.75, 3.05) is 40.3 Å². The largest absolute Gasteiger partial charge is 0.492 e. The van der Waals surface area contributed by atoms with Gasteiger partial charge >= 0.3 is 0 Å². The Morgan fingerprint density at radius 3 is 2.53 bits per heavy atom. The highest BCUT2D eigenvalue weighted by molar-refractivity contribution is 14.0. The quantitative estimate of drug-likeness (QED) is 0.218. The average Bonchev–Trinajstić information content (AvgIpc) is 2.72. The molecule has 0 spiro atoms. The van der Waals surface area contributed by atoms with Crippen molar-refractivity contribution in [1.29, 1.82) is 0 Å². The smallest absolute Gasteiger partial charge is 0.253 e. The standard InChI is InChI=1S/C22H29ClN4O2.HI/c1-4-24-22(26-14-15-29-20-10-8-19(23)9-11-20)25-13-12-17-6-5-7-18(16-17)21(28)27(2)3;/h5-11,16H,4,12-15H2,1-3H3,(H2,24,25,26);1H. The van der Waals surface area contributed by atoms with Crippen LogP contribution in [0.3, 0.4) is 0 Å². The summed E-state index contributed by atoms with van der Waals surface area (Å²) in [6.07, 6.45) is 0.756. The molecule has 0 unspecified atom stereocenters. The molecule has 2 rings (SSSR count). The number of guanidine groups is 1. The zero-order chi connectivity index (χ0) is 21.1. The summed E-state index contributed by atoms with van der Waals surface area (Å²) in [6.45, 7) is 4.56. The maximum Gasteiger partial charge on any atom is 0.253 e. The van der Waals surface area contributed by atoms with Gasteiger partial charge in [-0.15, -0.1) is 24.0 Å². The highest BCUT2D eigenvalue weighted by Gasteiger charge is 2.08. The van der Waals surface area contributed by atoms with Crippen molar-refractivity contribution in [1.82, 2.24) is 15.5 Å². The SMILES string of the molecule is CCNC(=NCCc1cccc(C(=O)N(C)C)c1)NCCOc1ccc(Cl)cc1.I. The molecule has 6 nitrogen and oxygen atoms in total. The van der Waals surface area contributed by atoms with Crippen molar-refractivity contribution in [3.63, 3.8) is 0 Å². The van der Waals surface area contributed by atoms with Crippen LogP contribution in [0.2, 0.25) is 5.02 Å². The molecule has 30 heavy (non-hydrogen) atoms. The van der Waals surface area contributed by atoms with E-state index < -0.39 is 0 Å². The minimum Gasteiger partial charge on any atom is -0.492 e. The van der Waals surface area contributed by atoms with Gasteiger partial charge in [-0.1, -0.05) is 23.7 Å². The molecule has 0 aliphatic heterocycles. The van der Waals surface area contributed by atoms with E-state index in [4.69, 9.17) is 16.3 Å². The molecule has 0 aliphatic carbocycles. The van der Waals surface area contributed by atoms with Gasteiger partial charge in [0.05, 0.1) is 6.54 Å². The summed E-state index contributed by atoms with van der Waals surface area (Å²) in [7, 11) is 3.51.